The van der Waals surface area contributed by atoms with Crippen LogP contribution in [0.5, 0.6) is 5.88 Å². The van der Waals surface area contributed by atoms with E-state index in [2.05, 4.69) is 56.5 Å². The van der Waals surface area contributed by atoms with Gasteiger partial charge < -0.3 is 14.5 Å². The summed E-state index contributed by atoms with van der Waals surface area (Å²) < 4.78 is 44.9. The quantitative estimate of drug-likeness (QED) is 0.344. The van der Waals surface area contributed by atoms with Crippen LogP contribution in [0.2, 0.25) is 0 Å². The van der Waals surface area contributed by atoms with Crippen LogP contribution in [0.1, 0.15) is 77.1 Å². The summed E-state index contributed by atoms with van der Waals surface area (Å²) >= 11 is 0. The van der Waals surface area contributed by atoms with Gasteiger partial charge in [-0.25, -0.2) is 4.98 Å². The lowest BCUT2D eigenvalue weighted by atomic mass is 9.87. The highest BCUT2D eigenvalue weighted by atomic mass is 19.4. The highest BCUT2D eigenvalue weighted by Crippen LogP contribution is 2.35. The molecule has 0 bridgehead atoms. The Morgan fingerprint density at radius 1 is 0.875 bits per heavy atom. The highest BCUT2D eigenvalue weighted by Gasteiger charge is 2.39. The van der Waals surface area contributed by atoms with Crippen LogP contribution in [0.3, 0.4) is 0 Å². The molecule has 4 aliphatic rings. The first-order chi connectivity index (χ1) is 23.1. The molecule has 12 heteroatoms. The van der Waals surface area contributed by atoms with Gasteiger partial charge in [0.2, 0.25) is 17.7 Å². The summed E-state index contributed by atoms with van der Waals surface area (Å²) in [7, 11) is 0. The van der Waals surface area contributed by atoms with E-state index in [9.17, 15) is 27.6 Å². The first kappa shape index (κ1) is 32.1. The molecule has 1 unspecified atom stereocenters. The summed E-state index contributed by atoms with van der Waals surface area (Å²) in [5.41, 5.74) is 4.45. The Labute approximate surface area is 277 Å². The lowest BCUT2D eigenvalue weighted by molar-refractivity contribution is -0.138. The number of halogens is 3. The third-order valence-electron chi connectivity index (χ3n) is 10.1. The number of rotatable bonds is 7. The Balaban J connectivity index is 0.874. The van der Waals surface area contributed by atoms with E-state index in [0.717, 1.165) is 75.1 Å². The molecule has 2 aromatic carbocycles. The van der Waals surface area contributed by atoms with Crippen LogP contribution in [-0.4, -0.2) is 70.8 Å². The zero-order valence-corrected chi connectivity index (χ0v) is 26.5. The van der Waals surface area contributed by atoms with Crippen molar-refractivity contribution in [3.8, 4) is 5.88 Å². The highest BCUT2D eigenvalue weighted by molar-refractivity contribution is 6.05. The number of carbonyl (C=O) groups excluding carboxylic acids is 3. The van der Waals surface area contributed by atoms with E-state index in [-0.39, 0.29) is 30.2 Å². The van der Waals surface area contributed by atoms with E-state index >= 15 is 0 Å². The van der Waals surface area contributed by atoms with Crippen molar-refractivity contribution >= 4 is 23.4 Å². The predicted molar refractivity (Wildman–Crippen MR) is 171 cm³/mol. The second-order valence-electron chi connectivity index (χ2n) is 13.2. The summed E-state index contributed by atoms with van der Waals surface area (Å²) in [4.78, 5) is 47.3. The Morgan fingerprint density at radius 3 is 2.33 bits per heavy atom. The molecule has 3 aromatic rings. The number of ether oxygens (including phenoxy) is 1. The van der Waals surface area contributed by atoms with E-state index in [1.54, 1.807) is 4.90 Å². The van der Waals surface area contributed by atoms with Crippen LogP contribution < -0.4 is 15.0 Å². The molecule has 0 radical (unpaired) electrons. The number of amides is 3. The number of carbonyl (C=O) groups is 3. The Morgan fingerprint density at radius 2 is 1.62 bits per heavy atom. The number of piperidine rings is 3. The van der Waals surface area contributed by atoms with Gasteiger partial charge in [0.1, 0.15) is 12.1 Å². The summed E-state index contributed by atoms with van der Waals surface area (Å²) in [5, 5.41) is 2.36. The van der Waals surface area contributed by atoms with Crippen molar-refractivity contribution in [2.45, 2.75) is 75.9 Å². The minimum Gasteiger partial charge on any atom is -0.474 e. The topological polar surface area (TPSA) is 95.1 Å². The predicted octanol–water partition coefficient (Wildman–Crippen LogP) is 5.29. The van der Waals surface area contributed by atoms with E-state index in [1.165, 1.54) is 11.1 Å². The number of likely N-dealkylation sites (tertiary alicyclic amines) is 1. The first-order valence-electron chi connectivity index (χ1n) is 16.6. The van der Waals surface area contributed by atoms with Crippen molar-refractivity contribution in [3.63, 3.8) is 0 Å². The number of hydrogen-bond acceptors (Lipinski definition) is 7. The van der Waals surface area contributed by atoms with Crippen LogP contribution >= 0.6 is 0 Å². The monoisotopic (exact) mass is 661 g/mol. The zero-order chi connectivity index (χ0) is 33.4. The van der Waals surface area contributed by atoms with Crippen LogP contribution in [0, 0.1) is 0 Å². The van der Waals surface area contributed by atoms with Crippen molar-refractivity contribution in [2.75, 3.05) is 31.1 Å². The Hall–Kier alpha value is -4.45. The molecule has 1 atom stereocenters. The maximum absolute atomic E-state index is 13.1. The molecule has 9 nitrogen and oxygen atoms in total. The number of fused-ring (bicyclic) bond motifs is 1. The van der Waals surface area contributed by atoms with Gasteiger partial charge in [0, 0.05) is 69.0 Å². The number of alkyl halides is 3. The third-order valence-corrected chi connectivity index (χ3v) is 10.1. The smallest absolute Gasteiger partial charge is 0.416 e. The molecule has 3 amide bonds. The van der Waals surface area contributed by atoms with Crippen LogP contribution in [0.15, 0.2) is 60.8 Å². The SMILES string of the molecule is O=C1CCC(N2Cc3cc(C4CCN(Cc5ccc(N6CCC(Oc7cc(C(F)(F)F)ccn7)CC6)cc5)CC4)ccc3C2=O)C(=O)N1. The number of anilines is 1. The van der Waals surface area contributed by atoms with Crippen LogP contribution in [0.25, 0.3) is 0 Å². The molecule has 1 aromatic heterocycles. The fourth-order valence-corrected chi connectivity index (χ4v) is 7.40. The van der Waals surface area contributed by atoms with Gasteiger partial charge in [0.05, 0.1) is 5.56 Å². The van der Waals surface area contributed by atoms with Gasteiger partial charge in [-0.2, -0.15) is 13.2 Å². The van der Waals surface area contributed by atoms with E-state index in [4.69, 9.17) is 4.74 Å². The Bertz CT molecular complexity index is 1680. The van der Waals surface area contributed by atoms with E-state index < -0.39 is 23.7 Å². The molecule has 7 rings (SSSR count). The number of pyridine rings is 1. The summed E-state index contributed by atoms with van der Waals surface area (Å²) in [5.74, 6) is -0.399. The van der Waals surface area contributed by atoms with E-state index in [0.29, 0.717) is 37.3 Å². The second kappa shape index (κ2) is 13.2. The van der Waals surface area contributed by atoms with Gasteiger partial charge in [-0.3, -0.25) is 24.6 Å². The van der Waals surface area contributed by atoms with Crippen molar-refractivity contribution in [1.29, 1.82) is 0 Å². The fourth-order valence-electron chi connectivity index (χ4n) is 7.40. The first-order valence-corrected chi connectivity index (χ1v) is 16.6. The number of nitrogens with one attached hydrogen (secondary N) is 1. The lowest BCUT2D eigenvalue weighted by Gasteiger charge is -2.34. The zero-order valence-electron chi connectivity index (χ0n) is 26.5. The molecular weight excluding hydrogens is 623 g/mol. The number of hydrogen-bond donors (Lipinski definition) is 1. The molecule has 0 spiro atoms. The van der Waals surface area contributed by atoms with Crippen molar-refractivity contribution in [3.05, 3.63) is 88.6 Å². The van der Waals surface area contributed by atoms with Gasteiger partial charge in [-0.1, -0.05) is 24.3 Å². The molecule has 4 aliphatic heterocycles. The number of nitrogens with zero attached hydrogens (tertiary/aromatic N) is 4. The van der Waals surface area contributed by atoms with Crippen molar-refractivity contribution < 1.29 is 32.3 Å². The summed E-state index contributed by atoms with van der Waals surface area (Å²) in [6.45, 7) is 4.71. The van der Waals surface area contributed by atoms with Crippen molar-refractivity contribution in [1.82, 2.24) is 20.1 Å². The van der Waals surface area contributed by atoms with Gasteiger partial charge in [-0.15, -0.1) is 0 Å². The van der Waals surface area contributed by atoms with Gasteiger partial charge in [0.15, 0.2) is 0 Å². The average molecular weight is 662 g/mol. The molecule has 0 aliphatic carbocycles. The molecule has 3 fully saturated rings. The molecule has 1 N–H and O–H groups in total. The van der Waals surface area contributed by atoms with Gasteiger partial charge in [0.25, 0.3) is 5.91 Å². The Kier molecular flexibility index (Phi) is 8.84. The normalized spacial score (nSPS) is 21.4. The largest absolute Gasteiger partial charge is 0.474 e. The third kappa shape index (κ3) is 6.89. The molecule has 48 heavy (non-hydrogen) atoms. The molecule has 252 valence electrons. The van der Waals surface area contributed by atoms with E-state index in [1.807, 2.05) is 6.07 Å². The molecule has 3 saturated heterocycles. The number of aromatic nitrogens is 1. The summed E-state index contributed by atoms with van der Waals surface area (Å²) in [6.07, 6.45) is 0.590. The van der Waals surface area contributed by atoms with Crippen LogP contribution in [-0.2, 0) is 28.9 Å². The average Bonchev–Trinajstić information content (AvgIpc) is 3.40. The maximum Gasteiger partial charge on any atom is 0.416 e. The lowest BCUT2D eigenvalue weighted by Crippen LogP contribution is -2.52. The van der Waals surface area contributed by atoms with Gasteiger partial charge >= 0.3 is 6.18 Å². The number of imide groups is 1. The standard InChI is InChI=1S/C36H38F3N5O4/c37-36(38,39)27-9-14-40-33(20-27)48-29-12-17-43(18-13-29)28-4-1-23(2-5-28)21-42-15-10-24(11-16-42)25-3-6-30-26(19-25)22-44(35(30)47)31-7-8-32(45)41-34(31)46/h1-6,9,14,19-20,24,29,31H,7-8,10-13,15-18,21-22H2,(H,41,45,46). The molecular formula is C36H38F3N5O4. The van der Waals surface area contributed by atoms with Crippen LogP contribution in [0.4, 0.5) is 18.9 Å². The summed E-state index contributed by atoms with van der Waals surface area (Å²) in [6, 6.07) is 16.0. The minimum absolute atomic E-state index is 0.0128. The number of benzene rings is 2. The van der Waals surface area contributed by atoms with Crippen molar-refractivity contribution in [2.24, 2.45) is 0 Å². The second-order valence-corrected chi connectivity index (χ2v) is 13.2. The van der Waals surface area contributed by atoms with Gasteiger partial charge in [-0.05, 0) is 79.2 Å². The molecule has 5 heterocycles. The fraction of sp³-hybridized carbons (Fsp3) is 0.444. The maximum atomic E-state index is 13.1. The minimum atomic E-state index is -4.42. The molecule has 0 saturated carbocycles.